The summed E-state index contributed by atoms with van der Waals surface area (Å²) < 4.78 is 39.3. The molecule has 0 aromatic heterocycles. The minimum absolute atomic E-state index is 0.419. The molecular formula is C4H4ClF3O. The van der Waals surface area contributed by atoms with Crippen molar-refractivity contribution >= 4 is 11.6 Å². The molecule has 0 amide bonds. The minimum atomic E-state index is -4.33. The van der Waals surface area contributed by atoms with Gasteiger partial charge < -0.3 is 4.74 Å². The second-order valence-electron chi connectivity index (χ2n) is 1.96. The lowest BCUT2D eigenvalue weighted by atomic mass is 10.1. The van der Waals surface area contributed by atoms with Gasteiger partial charge in [0.2, 0.25) is 0 Å². The monoisotopic (exact) mass is 160 g/mol. The van der Waals surface area contributed by atoms with E-state index in [0.717, 1.165) is 0 Å². The van der Waals surface area contributed by atoms with Gasteiger partial charge >= 0.3 is 6.18 Å². The predicted molar refractivity (Wildman–Crippen MR) is 25.5 cm³/mol. The van der Waals surface area contributed by atoms with Crippen LogP contribution >= 0.6 is 11.6 Å². The molecule has 0 aromatic rings. The fourth-order valence-electron chi connectivity index (χ4n) is 0.445. The van der Waals surface area contributed by atoms with E-state index in [1.54, 1.807) is 0 Å². The van der Waals surface area contributed by atoms with Crippen LogP contribution in [0.4, 0.5) is 13.2 Å². The summed E-state index contributed by atoms with van der Waals surface area (Å²) in [4.78, 5) is -2.09. The highest BCUT2D eigenvalue weighted by Crippen LogP contribution is 2.41. The van der Waals surface area contributed by atoms with Gasteiger partial charge in [-0.3, -0.25) is 0 Å². The Hall–Kier alpha value is 0.0400. The highest BCUT2D eigenvalue weighted by atomic mass is 35.5. The Morgan fingerprint density at radius 1 is 1.33 bits per heavy atom. The largest absolute Gasteiger partial charge is 0.412 e. The first-order valence-electron chi connectivity index (χ1n) is 2.29. The maximum Gasteiger partial charge on any atom is 0.412 e. The average molecular weight is 161 g/mol. The van der Waals surface area contributed by atoms with Crippen molar-refractivity contribution in [3.8, 4) is 0 Å². The van der Waals surface area contributed by atoms with Crippen LogP contribution < -0.4 is 0 Å². The van der Waals surface area contributed by atoms with E-state index in [-0.39, 0.29) is 0 Å². The summed E-state index contributed by atoms with van der Waals surface area (Å²) in [7, 11) is 0. The van der Waals surface area contributed by atoms with Crippen LogP contribution in [0.25, 0.3) is 0 Å². The predicted octanol–water partition coefficient (Wildman–Crippen LogP) is 1.56. The van der Waals surface area contributed by atoms with Crippen LogP contribution in [-0.4, -0.2) is 24.3 Å². The molecule has 0 aliphatic carbocycles. The summed E-state index contributed by atoms with van der Waals surface area (Å²) in [6.07, 6.45) is -4.33. The summed E-state index contributed by atoms with van der Waals surface area (Å²) in [6.45, 7) is -0.837. The summed E-state index contributed by atoms with van der Waals surface area (Å²) >= 11 is 5.03. The van der Waals surface area contributed by atoms with E-state index >= 15 is 0 Å². The first-order chi connectivity index (χ1) is 3.96. The molecule has 1 heterocycles. The highest BCUT2D eigenvalue weighted by Gasteiger charge is 2.58. The summed E-state index contributed by atoms with van der Waals surface area (Å²) in [5, 5.41) is 0. The zero-order chi connectivity index (χ0) is 7.12. The molecule has 0 radical (unpaired) electrons. The molecule has 0 saturated carbocycles. The third-order valence-corrected chi connectivity index (χ3v) is 1.60. The van der Waals surface area contributed by atoms with Crippen LogP contribution in [-0.2, 0) is 4.74 Å². The van der Waals surface area contributed by atoms with Gasteiger partial charge in [0.05, 0.1) is 13.2 Å². The molecule has 0 aromatic carbocycles. The molecule has 0 N–H and O–H groups in total. The Kier molecular flexibility index (Phi) is 1.40. The zero-order valence-corrected chi connectivity index (χ0v) is 5.09. The smallest absolute Gasteiger partial charge is 0.377 e. The maximum atomic E-state index is 11.7. The first kappa shape index (κ1) is 7.15. The Bertz CT molecular complexity index is 117. The lowest BCUT2D eigenvalue weighted by molar-refractivity contribution is -0.224. The second-order valence-corrected chi connectivity index (χ2v) is 2.68. The van der Waals surface area contributed by atoms with Gasteiger partial charge in [-0.2, -0.15) is 13.2 Å². The molecule has 1 fully saturated rings. The van der Waals surface area contributed by atoms with Crippen molar-refractivity contribution in [2.75, 3.05) is 13.2 Å². The van der Waals surface area contributed by atoms with Crippen molar-refractivity contribution in [2.24, 2.45) is 0 Å². The van der Waals surface area contributed by atoms with Crippen LogP contribution in [0.5, 0.6) is 0 Å². The second kappa shape index (κ2) is 1.76. The van der Waals surface area contributed by atoms with Crippen molar-refractivity contribution in [3.63, 3.8) is 0 Å². The molecule has 1 aliphatic heterocycles. The van der Waals surface area contributed by atoms with Crippen LogP contribution in [0.3, 0.4) is 0 Å². The Balaban J connectivity index is 2.59. The number of hydrogen-bond donors (Lipinski definition) is 0. The van der Waals surface area contributed by atoms with E-state index < -0.39 is 24.3 Å². The van der Waals surface area contributed by atoms with E-state index in [1.165, 1.54) is 0 Å². The maximum absolute atomic E-state index is 11.7. The van der Waals surface area contributed by atoms with Crippen molar-refractivity contribution in [2.45, 2.75) is 11.1 Å². The quantitative estimate of drug-likeness (QED) is 0.489. The molecule has 1 rings (SSSR count). The lowest BCUT2D eigenvalue weighted by Gasteiger charge is -2.36. The van der Waals surface area contributed by atoms with Gasteiger partial charge in [-0.1, -0.05) is 0 Å². The number of rotatable bonds is 0. The minimum Gasteiger partial charge on any atom is -0.377 e. The van der Waals surface area contributed by atoms with E-state index in [1.807, 2.05) is 0 Å². The Labute approximate surface area is 54.7 Å². The third kappa shape index (κ3) is 1.01. The van der Waals surface area contributed by atoms with Crippen molar-refractivity contribution in [3.05, 3.63) is 0 Å². The summed E-state index contributed by atoms with van der Waals surface area (Å²) in [5.41, 5.74) is 0. The van der Waals surface area contributed by atoms with Crippen molar-refractivity contribution < 1.29 is 17.9 Å². The molecule has 0 bridgehead atoms. The van der Waals surface area contributed by atoms with Crippen molar-refractivity contribution in [1.29, 1.82) is 0 Å². The Morgan fingerprint density at radius 2 is 1.78 bits per heavy atom. The number of hydrogen-bond acceptors (Lipinski definition) is 1. The summed E-state index contributed by atoms with van der Waals surface area (Å²) in [5.74, 6) is 0. The van der Waals surface area contributed by atoms with Crippen LogP contribution in [0.2, 0.25) is 0 Å². The molecule has 5 heteroatoms. The van der Waals surface area contributed by atoms with Gasteiger partial charge in [-0.05, 0) is 0 Å². The number of halogens is 4. The van der Waals surface area contributed by atoms with Gasteiger partial charge in [0.15, 0.2) is 4.87 Å². The van der Waals surface area contributed by atoms with E-state index in [2.05, 4.69) is 4.74 Å². The molecule has 1 nitrogen and oxygen atoms in total. The topological polar surface area (TPSA) is 9.23 Å². The van der Waals surface area contributed by atoms with E-state index in [4.69, 9.17) is 11.6 Å². The van der Waals surface area contributed by atoms with Gasteiger partial charge in [-0.15, -0.1) is 11.6 Å². The molecule has 1 aliphatic rings. The number of ether oxygens (including phenoxy) is 1. The number of alkyl halides is 4. The lowest BCUT2D eigenvalue weighted by Crippen LogP contribution is -2.55. The van der Waals surface area contributed by atoms with Crippen LogP contribution in [0, 0.1) is 0 Å². The zero-order valence-electron chi connectivity index (χ0n) is 4.33. The first-order valence-corrected chi connectivity index (χ1v) is 2.67. The van der Waals surface area contributed by atoms with E-state index in [9.17, 15) is 13.2 Å². The van der Waals surface area contributed by atoms with Crippen LogP contribution in [0.15, 0.2) is 0 Å². The third-order valence-electron chi connectivity index (χ3n) is 1.17. The van der Waals surface area contributed by atoms with Crippen LogP contribution in [0.1, 0.15) is 0 Å². The molecular weight excluding hydrogens is 156 g/mol. The molecule has 0 atom stereocenters. The highest BCUT2D eigenvalue weighted by molar-refractivity contribution is 6.25. The Morgan fingerprint density at radius 3 is 1.78 bits per heavy atom. The molecule has 9 heavy (non-hydrogen) atoms. The fourth-order valence-corrected chi connectivity index (χ4v) is 0.599. The standard InChI is InChI=1S/C4H4ClF3O/c5-3(1-9-2-3)4(6,7)8/h1-2H2. The fraction of sp³-hybridized carbons (Fsp3) is 1.00. The SMILES string of the molecule is FC(F)(F)C1(Cl)COC1. The molecule has 0 spiro atoms. The van der Waals surface area contributed by atoms with Gasteiger partial charge in [0.1, 0.15) is 0 Å². The normalized spacial score (nSPS) is 25.3. The molecule has 54 valence electrons. The molecule has 0 unspecified atom stereocenters. The van der Waals surface area contributed by atoms with Gasteiger partial charge in [-0.25, -0.2) is 0 Å². The van der Waals surface area contributed by atoms with Gasteiger partial charge in [0, 0.05) is 0 Å². The average Bonchev–Trinajstić information content (AvgIpc) is 1.57. The molecule has 1 saturated heterocycles. The summed E-state index contributed by atoms with van der Waals surface area (Å²) in [6, 6.07) is 0. The van der Waals surface area contributed by atoms with Crippen molar-refractivity contribution in [1.82, 2.24) is 0 Å². The van der Waals surface area contributed by atoms with Gasteiger partial charge in [0.25, 0.3) is 0 Å². The van der Waals surface area contributed by atoms with E-state index in [0.29, 0.717) is 0 Å².